The van der Waals surface area contributed by atoms with E-state index in [0.29, 0.717) is 12.8 Å². The highest BCUT2D eigenvalue weighted by Gasteiger charge is 2.17. The minimum atomic E-state index is -0.533. The van der Waals surface area contributed by atoms with Crippen molar-refractivity contribution >= 4 is 27.5 Å². The topological polar surface area (TPSA) is 49.3 Å². The molecule has 3 nitrogen and oxygen atoms in total. The quantitative estimate of drug-likeness (QED) is 0.892. The summed E-state index contributed by atoms with van der Waals surface area (Å²) in [6.07, 6.45) is 1.30. The number of nitrogens with one attached hydrogen (secondary N) is 1. The van der Waals surface area contributed by atoms with E-state index in [1.165, 1.54) is 0 Å². The summed E-state index contributed by atoms with van der Waals surface area (Å²) < 4.78 is 1.03. The van der Waals surface area contributed by atoms with Crippen molar-refractivity contribution in [1.29, 1.82) is 0 Å². The van der Waals surface area contributed by atoms with Gasteiger partial charge >= 0.3 is 0 Å². The number of aryl methyl sites for hydroxylation is 1. The molecule has 0 saturated heterocycles. The molecule has 0 radical (unpaired) electrons. The third-order valence-electron chi connectivity index (χ3n) is 3.75. The van der Waals surface area contributed by atoms with Crippen LogP contribution in [0.4, 0.5) is 5.69 Å². The molecule has 1 aliphatic heterocycles. The smallest absolute Gasteiger partial charge is 0.224 e. The summed E-state index contributed by atoms with van der Waals surface area (Å²) in [7, 11) is 0. The number of carbonyl (C=O) groups excluding carboxylic acids is 1. The van der Waals surface area contributed by atoms with Gasteiger partial charge in [0.05, 0.1) is 6.10 Å². The van der Waals surface area contributed by atoms with E-state index in [1.54, 1.807) is 0 Å². The number of aliphatic hydroxyl groups is 1. The van der Waals surface area contributed by atoms with E-state index in [1.807, 2.05) is 42.5 Å². The molecule has 0 bridgehead atoms. The summed E-state index contributed by atoms with van der Waals surface area (Å²) in [4.78, 5) is 11.3. The highest BCUT2D eigenvalue weighted by atomic mass is 79.9. The molecular weight excluding hydrogens is 330 g/mol. The molecule has 0 aromatic heterocycles. The molecule has 0 aliphatic carbocycles. The lowest BCUT2D eigenvalue weighted by Crippen LogP contribution is -2.19. The largest absolute Gasteiger partial charge is 0.388 e. The molecule has 108 valence electrons. The van der Waals surface area contributed by atoms with Crippen LogP contribution in [0.1, 0.15) is 29.2 Å². The van der Waals surface area contributed by atoms with Gasteiger partial charge in [0, 0.05) is 23.0 Å². The number of aliphatic hydroxyl groups excluding tert-OH is 1. The first-order valence-corrected chi connectivity index (χ1v) is 7.76. The number of hydrogen-bond donors (Lipinski definition) is 2. The zero-order chi connectivity index (χ0) is 14.8. The van der Waals surface area contributed by atoms with E-state index in [-0.39, 0.29) is 5.91 Å². The first-order valence-electron chi connectivity index (χ1n) is 6.97. The van der Waals surface area contributed by atoms with Crippen molar-refractivity contribution in [3.8, 4) is 0 Å². The average Bonchev–Trinajstić information content (AvgIpc) is 2.49. The van der Waals surface area contributed by atoms with E-state index in [4.69, 9.17) is 0 Å². The number of halogens is 1. The van der Waals surface area contributed by atoms with Gasteiger partial charge in [-0.15, -0.1) is 0 Å². The van der Waals surface area contributed by atoms with Gasteiger partial charge in [-0.3, -0.25) is 4.79 Å². The first kappa shape index (κ1) is 14.3. The van der Waals surface area contributed by atoms with E-state index < -0.39 is 6.10 Å². The molecule has 1 unspecified atom stereocenters. The lowest BCUT2D eigenvalue weighted by atomic mass is 9.95. The summed E-state index contributed by atoms with van der Waals surface area (Å²) in [5.74, 6) is 0.0608. The summed E-state index contributed by atoms with van der Waals surface area (Å²) in [5.41, 5.74) is 3.96. The Labute approximate surface area is 132 Å². The van der Waals surface area contributed by atoms with E-state index in [9.17, 15) is 9.90 Å². The van der Waals surface area contributed by atoms with Gasteiger partial charge in [0.2, 0.25) is 5.91 Å². The Kier molecular flexibility index (Phi) is 4.08. The number of hydrogen-bond acceptors (Lipinski definition) is 2. The molecule has 21 heavy (non-hydrogen) atoms. The number of amides is 1. The monoisotopic (exact) mass is 345 g/mol. The van der Waals surface area contributed by atoms with Crippen LogP contribution in [0.15, 0.2) is 46.9 Å². The van der Waals surface area contributed by atoms with Crippen molar-refractivity contribution in [2.45, 2.75) is 25.4 Å². The van der Waals surface area contributed by atoms with Gasteiger partial charge in [-0.25, -0.2) is 0 Å². The van der Waals surface area contributed by atoms with Gasteiger partial charge in [-0.2, -0.15) is 0 Å². The van der Waals surface area contributed by atoms with Crippen molar-refractivity contribution in [3.05, 3.63) is 63.6 Å². The van der Waals surface area contributed by atoms with Gasteiger partial charge in [0.15, 0.2) is 0 Å². The number of rotatable bonds is 3. The van der Waals surface area contributed by atoms with Crippen molar-refractivity contribution in [1.82, 2.24) is 0 Å². The average molecular weight is 346 g/mol. The van der Waals surface area contributed by atoms with Crippen LogP contribution >= 0.6 is 15.9 Å². The molecule has 1 atom stereocenters. The van der Waals surface area contributed by atoms with Crippen LogP contribution in [-0.4, -0.2) is 11.0 Å². The van der Waals surface area contributed by atoms with Crippen LogP contribution < -0.4 is 5.32 Å². The molecular formula is C17H16BrNO2. The minimum Gasteiger partial charge on any atom is -0.388 e. The molecule has 0 saturated carbocycles. The maximum atomic E-state index is 11.3. The second-order valence-electron chi connectivity index (χ2n) is 5.31. The Morgan fingerprint density at radius 3 is 2.67 bits per heavy atom. The Morgan fingerprint density at radius 1 is 1.14 bits per heavy atom. The number of fused-ring (bicyclic) bond motifs is 1. The highest BCUT2D eigenvalue weighted by molar-refractivity contribution is 9.10. The fourth-order valence-corrected chi connectivity index (χ4v) is 2.84. The second kappa shape index (κ2) is 6.00. The van der Waals surface area contributed by atoms with Crippen molar-refractivity contribution in [3.63, 3.8) is 0 Å². The predicted molar refractivity (Wildman–Crippen MR) is 86.2 cm³/mol. The second-order valence-corrected chi connectivity index (χ2v) is 6.23. The molecule has 1 aliphatic rings. The predicted octanol–water partition coefficient (Wildman–Crippen LogP) is 3.61. The summed E-state index contributed by atoms with van der Waals surface area (Å²) in [6.45, 7) is 0. The fourth-order valence-electron chi connectivity index (χ4n) is 2.57. The fraction of sp³-hybridized carbons (Fsp3) is 0.235. The van der Waals surface area contributed by atoms with Crippen LogP contribution in [0.25, 0.3) is 0 Å². The molecule has 2 N–H and O–H groups in total. The van der Waals surface area contributed by atoms with E-state index >= 15 is 0 Å². The molecule has 4 heteroatoms. The SMILES string of the molecule is O=C1CCc2cc(C(O)Cc3ccc(Br)cc3)ccc2N1. The Morgan fingerprint density at radius 2 is 1.90 bits per heavy atom. The van der Waals surface area contributed by atoms with Crippen LogP contribution in [0.3, 0.4) is 0 Å². The van der Waals surface area contributed by atoms with Gasteiger partial charge in [-0.1, -0.05) is 40.2 Å². The normalized spacial score (nSPS) is 15.2. The number of anilines is 1. The highest BCUT2D eigenvalue weighted by Crippen LogP contribution is 2.27. The van der Waals surface area contributed by atoms with Gasteiger partial charge in [-0.05, 0) is 41.3 Å². The number of carbonyl (C=O) groups is 1. The Balaban J connectivity index is 1.77. The Bertz CT molecular complexity index is 667. The molecule has 2 aromatic rings. The van der Waals surface area contributed by atoms with Gasteiger partial charge in [0.1, 0.15) is 0 Å². The zero-order valence-electron chi connectivity index (χ0n) is 11.5. The van der Waals surface area contributed by atoms with Crippen molar-refractivity contribution < 1.29 is 9.90 Å². The maximum Gasteiger partial charge on any atom is 0.224 e. The lowest BCUT2D eigenvalue weighted by molar-refractivity contribution is -0.116. The third kappa shape index (κ3) is 3.34. The molecule has 1 heterocycles. The molecule has 2 aromatic carbocycles. The van der Waals surface area contributed by atoms with Crippen molar-refractivity contribution in [2.75, 3.05) is 5.32 Å². The molecule has 0 fully saturated rings. The van der Waals surface area contributed by atoms with E-state index in [0.717, 1.165) is 33.3 Å². The van der Waals surface area contributed by atoms with Crippen LogP contribution in [0.5, 0.6) is 0 Å². The molecule has 3 rings (SSSR count). The summed E-state index contributed by atoms with van der Waals surface area (Å²) in [5, 5.41) is 13.3. The Hall–Kier alpha value is -1.65. The van der Waals surface area contributed by atoms with E-state index in [2.05, 4.69) is 21.2 Å². The summed E-state index contributed by atoms with van der Waals surface area (Å²) >= 11 is 3.41. The van der Waals surface area contributed by atoms with Crippen LogP contribution in [0, 0.1) is 0 Å². The minimum absolute atomic E-state index is 0.0608. The lowest BCUT2D eigenvalue weighted by Gasteiger charge is -2.19. The standard InChI is InChI=1S/C17H16BrNO2/c18-14-5-1-11(2-6-14)9-16(20)13-3-7-15-12(10-13)4-8-17(21)19-15/h1-3,5-7,10,16,20H,4,8-9H2,(H,19,21). The van der Waals surface area contributed by atoms with Crippen molar-refractivity contribution in [2.24, 2.45) is 0 Å². The van der Waals surface area contributed by atoms with Crippen LogP contribution in [-0.2, 0) is 17.6 Å². The van der Waals surface area contributed by atoms with Gasteiger partial charge < -0.3 is 10.4 Å². The molecule has 0 spiro atoms. The molecule has 1 amide bonds. The zero-order valence-corrected chi connectivity index (χ0v) is 13.1. The number of benzene rings is 2. The first-order chi connectivity index (χ1) is 10.1. The third-order valence-corrected chi connectivity index (χ3v) is 4.28. The maximum absolute atomic E-state index is 11.3. The van der Waals surface area contributed by atoms with Crippen LogP contribution in [0.2, 0.25) is 0 Å². The summed E-state index contributed by atoms with van der Waals surface area (Å²) in [6, 6.07) is 13.7. The van der Waals surface area contributed by atoms with Gasteiger partial charge in [0.25, 0.3) is 0 Å².